The summed E-state index contributed by atoms with van der Waals surface area (Å²) >= 11 is 0. The summed E-state index contributed by atoms with van der Waals surface area (Å²) in [5.74, 6) is -1.42. The first-order valence-corrected chi connectivity index (χ1v) is 7.02. The number of benzene rings is 1. The lowest BCUT2D eigenvalue weighted by atomic mass is 9.77. The van der Waals surface area contributed by atoms with E-state index in [1.165, 1.54) is 0 Å². The van der Waals surface area contributed by atoms with Gasteiger partial charge in [-0.2, -0.15) is 13.2 Å². The van der Waals surface area contributed by atoms with Gasteiger partial charge < -0.3 is 10.6 Å². The number of piperidine rings is 1. The summed E-state index contributed by atoms with van der Waals surface area (Å²) < 4.78 is 51.7. The number of carbonyl (C=O) groups excluding carboxylic acids is 1. The first-order chi connectivity index (χ1) is 10.1. The fraction of sp³-hybridized carbons (Fsp3) is 0.533. The average Bonchev–Trinajstić information content (AvgIpc) is 2.39. The van der Waals surface area contributed by atoms with E-state index < -0.39 is 35.2 Å². The van der Waals surface area contributed by atoms with Gasteiger partial charge in [0.2, 0.25) is 5.91 Å². The fourth-order valence-electron chi connectivity index (χ4n) is 2.66. The van der Waals surface area contributed by atoms with Crippen LogP contribution in [0.15, 0.2) is 18.2 Å². The van der Waals surface area contributed by atoms with E-state index in [2.05, 4.69) is 10.6 Å². The van der Waals surface area contributed by atoms with Crippen molar-refractivity contribution >= 4 is 11.6 Å². The van der Waals surface area contributed by atoms with E-state index in [4.69, 9.17) is 0 Å². The molecule has 22 heavy (non-hydrogen) atoms. The smallest absolute Gasteiger partial charge is 0.322 e. The zero-order valence-electron chi connectivity index (χ0n) is 12.4. The van der Waals surface area contributed by atoms with E-state index in [-0.39, 0.29) is 5.41 Å². The molecule has 1 aliphatic rings. The zero-order valence-corrected chi connectivity index (χ0v) is 12.4. The van der Waals surface area contributed by atoms with Crippen molar-refractivity contribution < 1.29 is 22.4 Å². The van der Waals surface area contributed by atoms with E-state index in [0.717, 1.165) is 12.8 Å². The first-order valence-electron chi connectivity index (χ1n) is 7.02. The lowest BCUT2D eigenvalue weighted by Crippen LogP contribution is -2.53. The highest BCUT2D eigenvalue weighted by molar-refractivity contribution is 5.95. The van der Waals surface area contributed by atoms with Crippen molar-refractivity contribution in [2.75, 3.05) is 11.9 Å². The second-order valence-electron chi connectivity index (χ2n) is 6.16. The van der Waals surface area contributed by atoms with E-state index in [1.54, 1.807) is 0 Å². The Morgan fingerprint density at radius 1 is 1.36 bits per heavy atom. The van der Waals surface area contributed by atoms with Gasteiger partial charge in [0.15, 0.2) is 0 Å². The lowest BCUT2D eigenvalue weighted by molar-refractivity contribution is -0.137. The number of amides is 1. The van der Waals surface area contributed by atoms with Crippen molar-refractivity contribution in [3.63, 3.8) is 0 Å². The van der Waals surface area contributed by atoms with Gasteiger partial charge >= 0.3 is 6.18 Å². The van der Waals surface area contributed by atoms with Gasteiger partial charge in [-0.1, -0.05) is 13.8 Å². The van der Waals surface area contributed by atoms with Crippen LogP contribution in [-0.2, 0) is 11.0 Å². The Hall–Kier alpha value is -1.63. The zero-order chi connectivity index (χ0) is 16.5. The van der Waals surface area contributed by atoms with Gasteiger partial charge in [-0.15, -0.1) is 0 Å². The number of anilines is 1. The fourth-order valence-corrected chi connectivity index (χ4v) is 2.66. The first kappa shape index (κ1) is 16.7. The molecule has 1 amide bonds. The Morgan fingerprint density at radius 3 is 2.64 bits per heavy atom. The highest BCUT2D eigenvalue weighted by atomic mass is 19.4. The molecule has 0 radical (unpaired) electrons. The number of alkyl halides is 3. The molecule has 0 spiro atoms. The Labute approximate surface area is 126 Å². The van der Waals surface area contributed by atoms with Crippen LogP contribution in [0, 0.1) is 11.2 Å². The monoisotopic (exact) mass is 318 g/mol. The molecule has 0 bridgehead atoms. The molecule has 1 fully saturated rings. The number of carbonyl (C=O) groups is 1. The van der Waals surface area contributed by atoms with Crippen LogP contribution in [0.4, 0.5) is 23.2 Å². The van der Waals surface area contributed by atoms with Crippen molar-refractivity contribution in [2.24, 2.45) is 5.41 Å². The van der Waals surface area contributed by atoms with Crippen LogP contribution in [0.25, 0.3) is 0 Å². The van der Waals surface area contributed by atoms with Gasteiger partial charge in [-0.25, -0.2) is 4.39 Å². The Bertz CT molecular complexity index is 569. The highest BCUT2D eigenvalue weighted by Gasteiger charge is 2.37. The minimum atomic E-state index is -4.59. The van der Waals surface area contributed by atoms with Crippen molar-refractivity contribution in [1.29, 1.82) is 0 Å². The normalized spacial score (nSPS) is 21.5. The van der Waals surface area contributed by atoms with Crippen LogP contribution in [-0.4, -0.2) is 18.5 Å². The molecule has 122 valence electrons. The summed E-state index contributed by atoms with van der Waals surface area (Å²) in [7, 11) is 0. The quantitative estimate of drug-likeness (QED) is 0.819. The minimum Gasteiger partial charge on any atom is -0.322 e. The second-order valence-corrected chi connectivity index (χ2v) is 6.16. The van der Waals surface area contributed by atoms with Crippen LogP contribution >= 0.6 is 0 Å². The van der Waals surface area contributed by atoms with Crippen LogP contribution in [0.5, 0.6) is 0 Å². The third-order valence-electron chi connectivity index (χ3n) is 3.94. The lowest BCUT2D eigenvalue weighted by Gasteiger charge is -2.38. The second kappa shape index (κ2) is 5.87. The Balaban J connectivity index is 2.21. The van der Waals surface area contributed by atoms with Crippen LogP contribution in [0.2, 0.25) is 0 Å². The van der Waals surface area contributed by atoms with Crippen molar-refractivity contribution in [3.8, 4) is 0 Å². The standard InChI is InChI=1S/C15H18F4N2O/c1-14(2)6-3-7-20-12(14)13(22)21-11-8-9(15(17,18)19)4-5-10(11)16/h4-5,8,12,20H,3,6-7H2,1-2H3,(H,21,22). The number of rotatable bonds is 2. The predicted octanol–water partition coefficient (Wildman–Crippen LogP) is 3.56. The summed E-state index contributed by atoms with van der Waals surface area (Å²) in [4.78, 5) is 12.3. The summed E-state index contributed by atoms with van der Waals surface area (Å²) in [6.07, 6.45) is -2.87. The van der Waals surface area contributed by atoms with Gasteiger partial charge in [0, 0.05) is 0 Å². The predicted molar refractivity (Wildman–Crippen MR) is 74.8 cm³/mol. The third-order valence-corrected chi connectivity index (χ3v) is 3.94. The Morgan fingerprint density at radius 2 is 2.05 bits per heavy atom. The Kier molecular flexibility index (Phi) is 4.47. The maximum absolute atomic E-state index is 13.7. The number of hydrogen-bond donors (Lipinski definition) is 2. The van der Waals surface area contributed by atoms with E-state index >= 15 is 0 Å². The van der Waals surface area contributed by atoms with Crippen LogP contribution in [0.3, 0.4) is 0 Å². The molecule has 2 rings (SSSR count). The molecule has 7 heteroatoms. The van der Waals surface area contributed by atoms with Crippen molar-refractivity contribution in [2.45, 2.75) is 38.9 Å². The van der Waals surface area contributed by atoms with E-state index in [0.29, 0.717) is 24.7 Å². The average molecular weight is 318 g/mol. The molecule has 2 N–H and O–H groups in total. The summed E-state index contributed by atoms with van der Waals surface area (Å²) in [5, 5.41) is 5.31. The molecule has 0 aromatic heterocycles. The molecule has 1 aliphatic heterocycles. The maximum Gasteiger partial charge on any atom is 0.416 e. The SMILES string of the molecule is CC1(C)CCCNC1C(=O)Nc1cc(C(F)(F)F)ccc1F. The molecule has 3 nitrogen and oxygen atoms in total. The van der Waals surface area contributed by atoms with Crippen molar-refractivity contribution in [3.05, 3.63) is 29.6 Å². The molecule has 1 aromatic carbocycles. The van der Waals surface area contributed by atoms with Crippen LogP contribution < -0.4 is 10.6 Å². The molecule has 0 saturated carbocycles. The molecule has 1 heterocycles. The number of halogens is 4. The maximum atomic E-state index is 13.7. The molecule has 0 aliphatic carbocycles. The van der Waals surface area contributed by atoms with Gasteiger partial charge in [0.1, 0.15) is 5.82 Å². The van der Waals surface area contributed by atoms with Crippen LogP contribution in [0.1, 0.15) is 32.3 Å². The van der Waals surface area contributed by atoms with Gasteiger partial charge in [-0.3, -0.25) is 4.79 Å². The molecular weight excluding hydrogens is 300 g/mol. The van der Waals surface area contributed by atoms with Gasteiger partial charge in [0.25, 0.3) is 0 Å². The molecule has 1 atom stereocenters. The van der Waals surface area contributed by atoms with E-state index in [9.17, 15) is 22.4 Å². The molecule has 1 aromatic rings. The molecular formula is C15H18F4N2O. The van der Waals surface area contributed by atoms with Crippen molar-refractivity contribution in [1.82, 2.24) is 5.32 Å². The summed E-state index contributed by atoms with van der Waals surface area (Å²) in [5.41, 5.74) is -1.80. The van der Waals surface area contributed by atoms with E-state index in [1.807, 2.05) is 13.8 Å². The van der Waals surface area contributed by atoms with Gasteiger partial charge in [0.05, 0.1) is 17.3 Å². The van der Waals surface area contributed by atoms with Gasteiger partial charge in [-0.05, 0) is 43.0 Å². The topological polar surface area (TPSA) is 41.1 Å². The summed E-state index contributed by atoms with van der Waals surface area (Å²) in [6.45, 7) is 4.43. The number of hydrogen-bond acceptors (Lipinski definition) is 2. The minimum absolute atomic E-state index is 0.347. The highest BCUT2D eigenvalue weighted by Crippen LogP contribution is 2.33. The molecule has 1 unspecified atom stereocenters. The number of nitrogens with one attached hydrogen (secondary N) is 2. The largest absolute Gasteiger partial charge is 0.416 e. The summed E-state index contributed by atoms with van der Waals surface area (Å²) in [6, 6.07) is 1.39. The molecule has 1 saturated heterocycles. The third kappa shape index (κ3) is 3.58.